The van der Waals surface area contributed by atoms with E-state index in [2.05, 4.69) is 37.6 Å². The topological polar surface area (TPSA) is 29.0 Å². The molecule has 112 valence electrons. The fourth-order valence-corrected chi connectivity index (χ4v) is 2.45. The van der Waals surface area contributed by atoms with E-state index in [0.717, 1.165) is 42.6 Å². The molecule has 20 heavy (non-hydrogen) atoms. The van der Waals surface area contributed by atoms with Crippen LogP contribution >= 0.6 is 11.6 Å². The standard InChI is InChI=1S/C16H26ClN3/c1-6-9-20(10-12-7-8-12)14-11(2)13(17)18-15(19-14)16(3,4)5/h12H,6-10H2,1-5H3. The first kappa shape index (κ1) is 15.6. The van der Waals surface area contributed by atoms with Gasteiger partial charge in [0.25, 0.3) is 0 Å². The van der Waals surface area contributed by atoms with Crippen molar-refractivity contribution in [2.75, 3.05) is 18.0 Å². The van der Waals surface area contributed by atoms with Crippen LogP contribution in [0.2, 0.25) is 5.15 Å². The third-order valence-corrected chi connectivity index (χ3v) is 4.07. The van der Waals surface area contributed by atoms with E-state index in [1.807, 2.05) is 6.92 Å². The molecule has 0 bridgehead atoms. The molecular weight excluding hydrogens is 270 g/mol. The van der Waals surface area contributed by atoms with Crippen LogP contribution in [-0.2, 0) is 5.41 Å². The Morgan fingerprint density at radius 1 is 1.25 bits per heavy atom. The van der Waals surface area contributed by atoms with Gasteiger partial charge in [-0.25, -0.2) is 9.97 Å². The second-order valence-electron chi connectivity index (χ2n) is 6.93. The van der Waals surface area contributed by atoms with E-state index < -0.39 is 0 Å². The van der Waals surface area contributed by atoms with Crippen LogP contribution < -0.4 is 4.90 Å². The lowest BCUT2D eigenvalue weighted by Crippen LogP contribution is -2.30. The fourth-order valence-electron chi connectivity index (χ4n) is 2.29. The molecule has 1 heterocycles. The van der Waals surface area contributed by atoms with E-state index in [0.29, 0.717) is 5.15 Å². The molecule has 0 unspecified atom stereocenters. The van der Waals surface area contributed by atoms with E-state index >= 15 is 0 Å². The molecule has 1 fully saturated rings. The summed E-state index contributed by atoms with van der Waals surface area (Å²) in [4.78, 5) is 11.7. The van der Waals surface area contributed by atoms with Crippen molar-refractivity contribution in [3.8, 4) is 0 Å². The van der Waals surface area contributed by atoms with Crippen molar-refractivity contribution in [3.05, 3.63) is 16.5 Å². The van der Waals surface area contributed by atoms with Crippen molar-refractivity contribution in [3.63, 3.8) is 0 Å². The van der Waals surface area contributed by atoms with Crippen LogP contribution in [0.1, 0.15) is 58.3 Å². The predicted molar refractivity (Wildman–Crippen MR) is 85.7 cm³/mol. The van der Waals surface area contributed by atoms with Crippen LogP contribution in [0.15, 0.2) is 0 Å². The van der Waals surface area contributed by atoms with Gasteiger partial charge in [0, 0.05) is 24.1 Å². The Hall–Kier alpha value is -0.830. The summed E-state index contributed by atoms with van der Waals surface area (Å²) in [5.41, 5.74) is 0.928. The molecule has 3 nitrogen and oxygen atoms in total. The van der Waals surface area contributed by atoms with Crippen molar-refractivity contribution >= 4 is 17.4 Å². The lowest BCUT2D eigenvalue weighted by Gasteiger charge is -2.27. The molecule has 0 N–H and O–H groups in total. The molecule has 1 aliphatic rings. The third-order valence-electron chi connectivity index (χ3n) is 3.70. The minimum atomic E-state index is -0.0798. The van der Waals surface area contributed by atoms with Crippen molar-refractivity contribution < 1.29 is 0 Å². The molecule has 0 aromatic carbocycles. The second-order valence-corrected chi connectivity index (χ2v) is 7.28. The van der Waals surface area contributed by atoms with E-state index in [9.17, 15) is 0 Å². The number of hydrogen-bond acceptors (Lipinski definition) is 3. The van der Waals surface area contributed by atoms with Crippen LogP contribution in [0, 0.1) is 12.8 Å². The van der Waals surface area contributed by atoms with Gasteiger partial charge in [0.1, 0.15) is 16.8 Å². The number of nitrogens with zero attached hydrogens (tertiary/aromatic N) is 3. The highest BCUT2D eigenvalue weighted by Crippen LogP contribution is 2.34. The molecule has 0 aliphatic heterocycles. The zero-order valence-corrected chi connectivity index (χ0v) is 14.1. The van der Waals surface area contributed by atoms with Crippen LogP contribution in [0.4, 0.5) is 5.82 Å². The summed E-state index contributed by atoms with van der Waals surface area (Å²) in [6, 6.07) is 0. The first-order valence-corrected chi connectivity index (χ1v) is 8.00. The molecule has 1 aromatic heterocycles. The zero-order chi connectivity index (χ0) is 14.9. The number of rotatable bonds is 5. The van der Waals surface area contributed by atoms with Gasteiger partial charge in [-0.1, -0.05) is 39.3 Å². The lowest BCUT2D eigenvalue weighted by molar-refractivity contribution is 0.542. The van der Waals surface area contributed by atoms with Crippen molar-refractivity contribution in [1.82, 2.24) is 9.97 Å². The molecule has 4 heteroatoms. The van der Waals surface area contributed by atoms with E-state index in [4.69, 9.17) is 16.6 Å². The molecular formula is C16H26ClN3. The van der Waals surface area contributed by atoms with Crippen LogP contribution in [0.5, 0.6) is 0 Å². The molecule has 1 aromatic rings. The SMILES string of the molecule is CCCN(CC1CC1)c1nc(C(C)(C)C)nc(Cl)c1C. The Bertz CT molecular complexity index is 475. The predicted octanol–water partition coefficient (Wildman–Crippen LogP) is 4.36. The first-order valence-electron chi connectivity index (χ1n) is 7.62. The van der Waals surface area contributed by atoms with Crippen molar-refractivity contribution in [1.29, 1.82) is 0 Å². The molecule has 2 rings (SSSR count). The zero-order valence-electron chi connectivity index (χ0n) is 13.3. The highest BCUT2D eigenvalue weighted by molar-refractivity contribution is 6.30. The summed E-state index contributed by atoms with van der Waals surface area (Å²) in [7, 11) is 0. The summed E-state index contributed by atoms with van der Waals surface area (Å²) in [6.07, 6.45) is 3.83. The highest BCUT2D eigenvalue weighted by Gasteiger charge is 2.27. The fraction of sp³-hybridized carbons (Fsp3) is 0.750. The average Bonchev–Trinajstić information content (AvgIpc) is 3.14. The van der Waals surface area contributed by atoms with Gasteiger partial charge < -0.3 is 4.90 Å². The highest BCUT2D eigenvalue weighted by atomic mass is 35.5. The maximum atomic E-state index is 6.34. The second kappa shape index (κ2) is 5.88. The van der Waals surface area contributed by atoms with Crippen LogP contribution in [0.3, 0.4) is 0 Å². The number of aromatic nitrogens is 2. The molecule has 0 atom stereocenters. The van der Waals surface area contributed by atoms with E-state index in [-0.39, 0.29) is 5.41 Å². The summed E-state index contributed by atoms with van der Waals surface area (Å²) < 4.78 is 0. The number of hydrogen-bond donors (Lipinski definition) is 0. The molecule has 0 saturated heterocycles. The third kappa shape index (κ3) is 3.63. The maximum Gasteiger partial charge on any atom is 0.137 e. The molecule has 0 radical (unpaired) electrons. The lowest BCUT2D eigenvalue weighted by atomic mass is 9.95. The monoisotopic (exact) mass is 295 g/mol. The van der Waals surface area contributed by atoms with Gasteiger partial charge >= 0.3 is 0 Å². The van der Waals surface area contributed by atoms with E-state index in [1.165, 1.54) is 12.8 Å². The quantitative estimate of drug-likeness (QED) is 0.756. The van der Waals surface area contributed by atoms with Gasteiger partial charge in [-0.05, 0) is 32.1 Å². The smallest absolute Gasteiger partial charge is 0.137 e. The summed E-state index contributed by atoms with van der Waals surface area (Å²) in [5, 5.41) is 0.594. The van der Waals surface area contributed by atoms with E-state index in [1.54, 1.807) is 0 Å². The van der Waals surface area contributed by atoms with Gasteiger partial charge in [-0.3, -0.25) is 0 Å². The van der Waals surface area contributed by atoms with Gasteiger partial charge in [0.05, 0.1) is 0 Å². The molecule has 1 saturated carbocycles. The van der Waals surface area contributed by atoms with Gasteiger partial charge in [-0.15, -0.1) is 0 Å². The summed E-state index contributed by atoms with van der Waals surface area (Å²) in [6.45, 7) is 12.8. The van der Waals surface area contributed by atoms with Crippen molar-refractivity contribution in [2.45, 2.75) is 59.3 Å². The Labute approximate surface area is 127 Å². The van der Waals surface area contributed by atoms with Crippen LogP contribution in [-0.4, -0.2) is 23.1 Å². The summed E-state index contributed by atoms with van der Waals surface area (Å²) in [5.74, 6) is 2.71. The largest absolute Gasteiger partial charge is 0.356 e. The van der Waals surface area contributed by atoms with Crippen LogP contribution in [0.25, 0.3) is 0 Å². The Morgan fingerprint density at radius 3 is 2.40 bits per heavy atom. The van der Waals surface area contributed by atoms with Gasteiger partial charge in [0.2, 0.25) is 0 Å². The van der Waals surface area contributed by atoms with Crippen molar-refractivity contribution in [2.24, 2.45) is 5.92 Å². The van der Waals surface area contributed by atoms with Gasteiger partial charge in [-0.2, -0.15) is 0 Å². The Balaban J connectivity index is 2.38. The number of anilines is 1. The minimum Gasteiger partial charge on any atom is -0.356 e. The van der Waals surface area contributed by atoms with Gasteiger partial charge in [0.15, 0.2) is 0 Å². The minimum absolute atomic E-state index is 0.0798. The Morgan fingerprint density at radius 2 is 1.90 bits per heavy atom. The average molecular weight is 296 g/mol. The molecule has 0 spiro atoms. The number of halogens is 1. The normalized spacial score (nSPS) is 15.5. The maximum absolute atomic E-state index is 6.34. The first-order chi connectivity index (χ1) is 9.32. The molecule has 0 amide bonds. The summed E-state index contributed by atoms with van der Waals surface area (Å²) >= 11 is 6.34. The Kier molecular flexibility index (Phi) is 4.58. The molecule has 1 aliphatic carbocycles.